The predicted octanol–water partition coefficient (Wildman–Crippen LogP) is 2.99. The molecule has 0 radical (unpaired) electrons. The molecule has 3 nitrogen and oxygen atoms in total. The van der Waals surface area contributed by atoms with E-state index >= 15 is 0 Å². The van der Waals surface area contributed by atoms with Gasteiger partial charge in [-0.3, -0.25) is 4.79 Å². The van der Waals surface area contributed by atoms with E-state index in [1.807, 2.05) is 6.08 Å². The number of aliphatic hydroxyl groups is 1. The maximum Gasteiger partial charge on any atom is 0.300 e. The summed E-state index contributed by atoms with van der Waals surface area (Å²) in [7, 11) is 0. The molecule has 0 spiro atoms. The maximum atomic E-state index is 9.00. The highest BCUT2D eigenvalue weighted by Gasteiger charge is 1.88. The van der Waals surface area contributed by atoms with E-state index in [4.69, 9.17) is 15.0 Å². The fourth-order valence-electron chi connectivity index (χ4n) is 1.11. The Hall–Kier alpha value is -0.830. The minimum Gasteiger partial charge on any atom is -0.481 e. The molecule has 0 saturated heterocycles. The molecule has 0 saturated carbocycles. The molecule has 0 bridgehead atoms. The van der Waals surface area contributed by atoms with Crippen LogP contribution in [0.3, 0.4) is 0 Å². The molecule has 0 amide bonds. The molecule has 0 aromatic heterocycles. The van der Waals surface area contributed by atoms with Gasteiger partial charge in [-0.25, -0.2) is 0 Å². The Balaban J connectivity index is 0. The Labute approximate surface area is 92.8 Å². The first-order valence-corrected chi connectivity index (χ1v) is 5.56. The number of hydrogen-bond donors (Lipinski definition) is 2. The number of aliphatic carboxylic acids is 1. The van der Waals surface area contributed by atoms with Crippen LogP contribution in [0.2, 0.25) is 0 Å². The van der Waals surface area contributed by atoms with Crippen molar-refractivity contribution in [3.05, 3.63) is 12.7 Å². The van der Waals surface area contributed by atoms with Gasteiger partial charge in [-0.1, -0.05) is 31.8 Å². The maximum absolute atomic E-state index is 9.00. The van der Waals surface area contributed by atoms with Crippen LogP contribution in [-0.4, -0.2) is 22.8 Å². The van der Waals surface area contributed by atoms with E-state index < -0.39 is 5.97 Å². The predicted molar refractivity (Wildman–Crippen MR) is 62.9 cm³/mol. The highest BCUT2D eigenvalue weighted by molar-refractivity contribution is 5.62. The van der Waals surface area contributed by atoms with Gasteiger partial charge in [0.1, 0.15) is 0 Å². The monoisotopic (exact) mass is 216 g/mol. The molecule has 90 valence electrons. The van der Waals surface area contributed by atoms with Gasteiger partial charge in [0.15, 0.2) is 0 Å². The lowest BCUT2D eigenvalue weighted by molar-refractivity contribution is -0.134. The molecule has 15 heavy (non-hydrogen) atoms. The van der Waals surface area contributed by atoms with Crippen molar-refractivity contribution in [2.24, 2.45) is 0 Å². The van der Waals surface area contributed by atoms with Gasteiger partial charge in [-0.15, -0.1) is 6.58 Å². The van der Waals surface area contributed by atoms with Crippen molar-refractivity contribution in [3.63, 3.8) is 0 Å². The van der Waals surface area contributed by atoms with Crippen LogP contribution in [0, 0.1) is 0 Å². The molecule has 0 aliphatic rings. The van der Waals surface area contributed by atoms with Crippen molar-refractivity contribution in [1.29, 1.82) is 0 Å². The van der Waals surface area contributed by atoms with Crippen molar-refractivity contribution in [3.8, 4) is 0 Å². The van der Waals surface area contributed by atoms with Gasteiger partial charge >= 0.3 is 0 Å². The number of unbranched alkanes of at least 4 members (excludes halogenated alkanes) is 6. The van der Waals surface area contributed by atoms with Crippen LogP contribution in [0.5, 0.6) is 0 Å². The number of allylic oxidation sites excluding steroid dienone is 1. The van der Waals surface area contributed by atoms with Crippen molar-refractivity contribution in [1.82, 2.24) is 0 Å². The number of carboxylic acid groups (broad SMARTS) is 1. The van der Waals surface area contributed by atoms with Crippen molar-refractivity contribution in [2.75, 3.05) is 6.61 Å². The average molecular weight is 216 g/mol. The Morgan fingerprint density at radius 3 is 1.93 bits per heavy atom. The number of aliphatic hydroxyl groups excluding tert-OH is 1. The first kappa shape index (κ1) is 16.6. The van der Waals surface area contributed by atoms with Gasteiger partial charge in [0.2, 0.25) is 0 Å². The largest absolute Gasteiger partial charge is 0.481 e. The van der Waals surface area contributed by atoms with Crippen molar-refractivity contribution >= 4 is 5.97 Å². The first-order valence-electron chi connectivity index (χ1n) is 5.56. The third-order valence-electron chi connectivity index (χ3n) is 1.82. The lowest BCUT2D eigenvalue weighted by atomic mass is 10.1. The summed E-state index contributed by atoms with van der Waals surface area (Å²) >= 11 is 0. The Bertz CT molecular complexity index is 140. The summed E-state index contributed by atoms with van der Waals surface area (Å²) in [5.74, 6) is -0.833. The fraction of sp³-hybridized carbons (Fsp3) is 0.750. The second-order valence-corrected chi connectivity index (χ2v) is 3.44. The quantitative estimate of drug-likeness (QED) is 0.484. The second-order valence-electron chi connectivity index (χ2n) is 3.44. The van der Waals surface area contributed by atoms with Crippen LogP contribution in [-0.2, 0) is 4.79 Å². The third-order valence-corrected chi connectivity index (χ3v) is 1.82. The van der Waals surface area contributed by atoms with Crippen LogP contribution in [0.1, 0.15) is 51.9 Å². The van der Waals surface area contributed by atoms with Gasteiger partial charge in [0.05, 0.1) is 0 Å². The molecule has 0 aliphatic heterocycles. The second kappa shape index (κ2) is 15.6. The van der Waals surface area contributed by atoms with Crippen LogP contribution in [0.25, 0.3) is 0 Å². The van der Waals surface area contributed by atoms with Crippen LogP contribution in [0.15, 0.2) is 12.7 Å². The van der Waals surface area contributed by atoms with Crippen molar-refractivity contribution < 1.29 is 15.0 Å². The summed E-state index contributed by atoms with van der Waals surface area (Å²) in [5, 5.41) is 15.9. The molecular formula is C12H24O3. The van der Waals surface area contributed by atoms with Gasteiger partial charge in [0.25, 0.3) is 5.97 Å². The van der Waals surface area contributed by atoms with E-state index in [1.54, 1.807) is 0 Å². The standard InChI is InChI=1S/C10H20O.C2H4O2/c1-2-3-4-5-6-7-8-9-10-11;1-2(3)4/h2,11H,1,3-10H2;1H3,(H,3,4). The number of carboxylic acids is 1. The zero-order valence-electron chi connectivity index (χ0n) is 9.74. The smallest absolute Gasteiger partial charge is 0.300 e. The molecule has 0 aromatic rings. The summed E-state index contributed by atoms with van der Waals surface area (Å²) in [5.41, 5.74) is 0. The number of rotatable bonds is 8. The summed E-state index contributed by atoms with van der Waals surface area (Å²) < 4.78 is 0. The summed E-state index contributed by atoms with van der Waals surface area (Å²) in [6.45, 7) is 5.11. The van der Waals surface area contributed by atoms with Gasteiger partial charge in [-0.05, 0) is 19.3 Å². The molecule has 0 fully saturated rings. The van der Waals surface area contributed by atoms with E-state index in [9.17, 15) is 0 Å². The summed E-state index contributed by atoms with van der Waals surface area (Å²) in [6.07, 6.45) is 10.5. The van der Waals surface area contributed by atoms with Crippen LogP contribution >= 0.6 is 0 Å². The molecule has 3 heteroatoms. The Morgan fingerprint density at radius 1 is 1.13 bits per heavy atom. The minimum absolute atomic E-state index is 0.354. The topological polar surface area (TPSA) is 57.5 Å². The normalized spacial score (nSPS) is 8.93. The zero-order valence-corrected chi connectivity index (χ0v) is 9.74. The SMILES string of the molecule is C=CCCCCCCCCO.CC(=O)O. The zero-order chi connectivity index (χ0) is 11.9. The molecule has 0 atom stereocenters. The molecule has 0 heterocycles. The minimum atomic E-state index is -0.833. The van der Waals surface area contributed by atoms with E-state index in [1.165, 1.54) is 32.1 Å². The first-order chi connectivity index (χ1) is 7.15. The van der Waals surface area contributed by atoms with Gasteiger partial charge in [-0.2, -0.15) is 0 Å². The molecule has 0 unspecified atom stereocenters. The highest BCUT2D eigenvalue weighted by Crippen LogP contribution is 2.06. The van der Waals surface area contributed by atoms with E-state index in [-0.39, 0.29) is 0 Å². The van der Waals surface area contributed by atoms with E-state index in [2.05, 4.69) is 6.58 Å². The van der Waals surface area contributed by atoms with Gasteiger partial charge in [0, 0.05) is 13.5 Å². The Kier molecular flexibility index (Phi) is 17.3. The summed E-state index contributed by atoms with van der Waals surface area (Å²) in [6, 6.07) is 0. The molecular weight excluding hydrogens is 192 g/mol. The molecule has 0 aliphatic carbocycles. The lowest BCUT2D eigenvalue weighted by Gasteiger charge is -1.97. The lowest BCUT2D eigenvalue weighted by Crippen LogP contribution is -1.83. The fourth-order valence-corrected chi connectivity index (χ4v) is 1.11. The van der Waals surface area contributed by atoms with E-state index in [0.717, 1.165) is 19.8 Å². The van der Waals surface area contributed by atoms with E-state index in [0.29, 0.717) is 6.61 Å². The molecule has 0 rings (SSSR count). The van der Waals surface area contributed by atoms with Crippen molar-refractivity contribution in [2.45, 2.75) is 51.9 Å². The van der Waals surface area contributed by atoms with Crippen LogP contribution in [0.4, 0.5) is 0 Å². The summed E-state index contributed by atoms with van der Waals surface area (Å²) in [4.78, 5) is 9.00. The number of hydrogen-bond acceptors (Lipinski definition) is 2. The third kappa shape index (κ3) is 32.0. The molecule has 2 N–H and O–H groups in total. The number of carbonyl (C=O) groups is 1. The van der Waals surface area contributed by atoms with Crippen LogP contribution < -0.4 is 0 Å². The Morgan fingerprint density at radius 2 is 1.53 bits per heavy atom. The average Bonchev–Trinajstić information content (AvgIpc) is 2.16. The van der Waals surface area contributed by atoms with Gasteiger partial charge < -0.3 is 10.2 Å². The highest BCUT2D eigenvalue weighted by atomic mass is 16.4. The molecule has 0 aromatic carbocycles.